The minimum Gasteiger partial charge on any atom is -0.352 e. The molecule has 142 valence electrons. The number of aromatic nitrogens is 4. The Kier molecular flexibility index (Phi) is 3.85. The smallest absolute Gasteiger partial charge is 0.251 e. The lowest BCUT2D eigenvalue weighted by molar-refractivity contribution is -0.167. The summed E-state index contributed by atoms with van der Waals surface area (Å²) in [6, 6.07) is 0.304. The number of fused-ring (bicyclic) bond motifs is 2. The SMILES string of the molecule is O=C(NC1CC1)C1Cn2ccnc2C2(CCN(c3ncc(F)cn3)CC2)O1. The highest BCUT2D eigenvalue weighted by molar-refractivity contribution is 5.81. The average Bonchev–Trinajstić information content (AvgIpc) is 3.36. The van der Waals surface area contributed by atoms with E-state index in [-0.39, 0.29) is 5.91 Å². The number of amides is 1. The van der Waals surface area contributed by atoms with E-state index in [1.165, 1.54) is 12.4 Å². The van der Waals surface area contributed by atoms with Gasteiger partial charge in [-0.05, 0) is 12.8 Å². The lowest BCUT2D eigenvalue weighted by Crippen LogP contribution is -2.54. The summed E-state index contributed by atoms with van der Waals surface area (Å²) in [5.41, 5.74) is -0.593. The summed E-state index contributed by atoms with van der Waals surface area (Å²) in [5, 5.41) is 3.04. The third-order valence-electron chi connectivity index (χ3n) is 5.53. The molecule has 0 radical (unpaired) electrons. The summed E-state index contributed by atoms with van der Waals surface area (Å²) in [4.78, 5) is 27.2. The average molecular weight is 372 g/mol. The Morgan fingerprint density at radius 2 is 1.96 bits per heavy atom. The third kappa shape index (κ3) is 3.05. The van der Waals surface area contributed by atoms with E-state index in [0.717, 1.165) is 18.7 Å². The Morgan fingerprint density at radius 1 is 1.22 bits per heavy atom. The molecule has 8 nitrogen and oxygen atoms in total. The Hall–Kier alpha value is -2.55. The Balaban J connectivity index is 1.35. The van der Waals surface area contributed by atoms with Gasteiger partial charge < -0.3 is 19.5 Å². The minimum atomic E-state index is -0.593. The van der Waals surface area contributed by atoms with Gasteiger partial charge in [0.1, 0.15) is 11.4 Å². The molecule has 1 aliphatic carbocycles. The van der Waals surface area contributed by atoms with E-state index in [4.69, 9.17) is 4.74 Å². The van der Waals surface area contributed by atoms with Crippen LogP contribution in [0.3, 0.4) is 0 Å². The van der Waals surface area contributed by atoms with Crippen molar-refractivity contribution < 1.29 is 13.9 Å². The number of hydrogen-bond donors (Lipinski definition) is 1. The molecule has 0 aromatic carbocycles. The van der Waals surface area contributed by atoms with Crippen molar-refractivity contribution in [2.75, 3.05) is 18.0 Å². The van der Waals surface area contributed by atoms with E-state index in [9.17, 15) is 9.18 Å². The number of halogens is 1. The van der Waals surface area contributed by atoms with Gasteiger partial charge in [0.2, 0.25) is 5.95 Å². The molecule has 2 fully saturated rings. The Bertz CT molecular complexity index is 842. The summed E-state index contributed by atoms with van der Waals surface area (Å²) in [7, 11) is 0. The lowest BCUT2D eigenvalue weighted by Gasteiger charge is -2.45. The predicted molar refractivity (Wildman–Crippen MR) is 93.4 cm³/mol. The molecular formula is C18H21FN6O2. The van der Waals surface area contributed by atoms with Crippen LogP contribution in [0.25, 0.3) is 0 Å². The number of hydrogen-bond acceptors (Lipinski definition) is 6. The normalized spacial score (nSPS) is 23.9. The second kappa shape index (κ2) is 6.26. The van der Waals surface area contributed by atoms with Crippen LogP contribution in [0.15, 0.2) is 24.8 Å². The van der Waals surface area contributed by atoms with Crippen LogP contribution in [0.5, 0.6) is 0 Å². The van der Waals surface area contributed by atoms with Crippen LogP contribution < -0.4 is 10.2 Å². The fourth-order valence-electron chi connectivity index (χ4n) is 3.93. The summed E-state index contributed by atoms with van der Waals surface area (Å²) >= 11 is 0. The number of piperidine rings is 1. The van der Waals surface area contributed by atoms with Crippen LogP contribution >= 0.6 is 0 Å². The molecule has 2 aliphatic heterocycles. The van der Waals surface area contributed by atoms with Crippen molar-refractivity contribution in [1.29, 1.82) is 0 Å². The number of rotatable bonds is 3. The fourth-order valence-corrected chi connectivity index (χ4v) is 3.93. The summed E-state index contributed by atoms with van der Waals surface area (Å²) < 4.78 is 21.5. The highest BCUT2D eigenvalue weighted by Crippen LogP contribution is 2.40. The van der Waals surface area contributed by atoms with E-state index < -0.39 is 17.5 Å². The molecule has 1 spiro atoms. The first-order valence-electron chi connectivity index (χ1n) is 9.35. The largest absolute Gasteiger partial charge is 0.352 e. The topological polar surface area (TPSA) is 85.2 Å². The van der Waals surface area contributed by atoms with E-state index >= 15 is 0 Å². The molecule has 5 rings (SSSR count). The molecule has 4 heterocycles. The monoisotopic (exact) mass is 372 g/mol. The second-order valence-electron chi connectivity index (χ2n) is 7.48. The van der Waals surface area contributed by atoms with Crippen molar-refractivity contribution in [2.45, 2.75) is 50.0 Å². The fraction of sp³-hybridized carbons (Fsp3) is 0.556. The van der Waals surface area contributed by atoms with Crippen molar-refractivity contribution in [3.8, 4) is 0 Å². The van der Waals surface area contributed by atoms with Gasteiger partial charge in [-0.1, -0.05) is 0 Å². The molecule has 0 bridgehead atoms. The van der Waals surface area contributed by atoms with Crippen LogP contribution in [0.2, 0.25) is 0 Å². The van der Waals surface area contributed by atoms with Crippen molar-refractivity contribution >= 4 is 11.9 Å². The third-order valence-corrected chi connectivity index (χ3v) is 5.53. The molecule has 1 atom stereocenters. The standard InChI is InChI=1S/C18H21FN6O2/c19-12-9-21-17(22-10-12)24-6-3-18(4-7-24)16-20-5-8-25(16)11-14(27-18)15(26)23-13-1-2-13/h5,8-10,13-14H,1-4,6-7,11H2,(H,23,26). The molecule has 1 amide bonds. The first-order valence-corrected chi connectivity index (χ1v) is 9.35. The second-order valence-corrected chi connectivity index (χ2v) is 7.48. The zero-order valence-electron chi connectivity index (χ0n) is 14.8. The van der Waals surface area contributed by atoms with Crippen molar-refractivity contribution in [3.63, 3.8) is 0 Å². The molecule has 1 saturated heterocycles. The first kappa shape index (κ1) is 16.6. The van der Waals surface area contributed by atoms with Gasteiger partial charge in [-0.2, -0.15) is 0 Å². The lowest BCUT2D eigenvalue weighted by atomic mass is 9.88. The number of carbonyl (C=O) groups is 1. The van der Waals surface area contributed by atoms with Crippen LogP contribution in [0.4, 0.5) is 10.3 Å². The van der Waals surface area contributed by atoms with Gasteiger partial charge >= 0.3 is 0 Å². The predicted octanol–water partition coefficient (Wildman–Crippen LogP) is 0.985. The number of nitrogens with zero attached hydrogens (tertiary/aromatic N) is 5. The van der Waals surface area contributed by atoms with E-state index in [0.29, 0.717) is 44.5 Å². The van der Waals surface area contributed by atoms with Gasteiger partial charge in [0.05, 0.1) is 18.9 Å². The Labute approximate surface area is 155 Å². The number of ether oxygens (including phenoxy) is 1. The summed E-state index contributed by atoms with van der Waals surface area (Å²) in [6.45, 7) is 1.78. The molecule has 1 N–H and O–H groups in total. The molecule has 2 aromatic rings. The zero-order valence-corrected chi connectivity index (χ0v) is 14.8. The number of carbonyl (C=O) groups excluding carboxylic acids is 1. The number of imidazole rings is 1. The van der Waals surface area contributed by atoms with Crippen LogP contribution in [0, 0.1) is 5.82 Å². The van der Waals surface area contributed by atoms with Gasteiger partial charge in [-0.3, -0.25) is 4.79 Å². The highest BCUT2D eigenvalue weighted by atomic mass is 19.1. The van der Waals surface area contributed by atoms with Crippen molar-refractivity contribution in [1.82, 2.24) is 24.8 Å². The maximum atomic E-state index is 13.1. The van der Waals surface area contributed by atoms with Crippen LogP contribution in [-0.4, -0.2) is 50.7 Å². The molecule has 1 saturated carbocycles. The minimum absolute atomic E-state index is 0.0412. The molecular weight excluding hydrogens is 351 g/mol. The molecule has 3 aliphatic rings. The quantitative estimate of drug-likeness (QED) is 0.865. The van der Waals surface area contributed by atoms with Crippen LogP contribution in [0.1, 0.15) is 31.5 Å². The van der Waals surface area contributed by atoms with Crippen molar-refractivity contribution in [2.24, 2.45) is 0 Å². The molecule has 9 heteroatoms. The maximum absolute atomic E-state index is 13.1. The van der Waals surface area contributed by atoms with E-state index in [2.05, 4.69) is 20.3 Å². The van der Waals surface area contributed by atoms with Gasteiger partial charge in [0.25, 0.3) is 5.91 Å². The molecule has 1 unspecified atom stereocenters. The zero-order chi connectivity index (χ0) is 18.4. The Morgan fingerprint density at radius 3 is 2.67 bits per heavy atom. The van der Waals surface area contributed by atoms with Gasteiger partial charge in [0.15, 0.2) is 11.9 Å². The summed E-state index contributed by atoms with van der Waals surface area (Å²) in [5.74, 6) is 0.890. The van der Waals surface area contributed by atoms with Gasteiger partial charge in [-0.25, -0.2) is 19.3 Å². The summed E-state index contributed by atoms with van der Waals surface area (Å²) in [6.07, 6.45) is 8.93. The first-order chi connectivity index (χ1) is 13.1. The highest BCUT2D eigenvalue weighted by Gasteiger charge is 2.47. The van der Waals surface area contributed by atoms with Crippen LogP contribution in [-0.2, 0) is 21.7 Å². The van der Waals surface area contributed by atoms with Crippen molar-refractivity contribution in [3.05, 3.63) is 36.4 Å². The van der Waals surface area contributed by atoms with Gasteiger partial charge in [-0.15, -0.1) is 0 Å². The van der Waals surface area contributed by atoms with E-state index in [1.807, 2.05) is 15.7 Å². The molecule has 27 heavy (non-hydrogen) atoms. The molecule has 2 aromatic heterocycles. The maximum Gasteiger partial charge on any atom is 0.251 e. The van der Waals surface area contributed by atoms with E-state index in [1.54, 1.807) is 6.20 Å². The number of anilines is 1. The number of nitrogens with one attached hydrogen (secondary N) is 1. The van der Waals surface area contributed by atoms with Gasteiger partial charge in [0, 0.05) is 44.4 Å².